The van der Waals surface area contributed by atoms with Crippen LogP contribution >= 0.6 is 11.3 Å². The average Bonchev–Trinajstić information content (AvgIpc) is 3.21. The highest BCUT2D eigenvalue weighted by Gasteiger charge is 2.47. The Balaban J connectivity index is 1.51. The van der Waals surface area contributed by atoms with Gasteiger partial charge in [0.2, 0.25) is 0 Å². The van der Waals surface area contributed by atoms with Gasteiger partial charge < -0.3 is 14.4 Å². The maximum absolute atomic E-state index is 12.8. The molecule has 6 heteroatoms. The van der Waals surface area contributed by atoms with E-state index < -0.39 is 0 Å². The Hall–Kier alpha value is -1.92. The third-order valence-corrected chi connectivity index (χ3v) is 6.03. The zero-order valence-electron chi connectivity index (χ0n) is 14.1. The quantitative estimate of drug-likeness (QED) is 0.842. The Morgan fingerprint density at radius 3 is 3.20 bits per heavy atom. The van der Waals surface area contributed by atoms with Crippen LogP contribution in [-0.2, 0) is 4.74 Å². The number of rotatable bonds is 4. The first kappa shape index (κ1) is 16.5. The fraction of sp³-hybridized carbons (Fsp3) is 0.474. The summed E-state index contributed by atoms with van der Waals surface area (Å²) in [6.45, 7) is 2.79. The summed E-state index contributed by atoms with van der Waals surface area (Å²) >= 11 is 1.50. The van der Waals surface area contributed by atoms with Gasteiger partial charge in [0.15, 0.2) is 0 Å². The van der Waals surface area contributed by atoms with Crippen molar-refractivity contribution in [2.45, 2.75) is 25.4 Å². The number of hydrogen-bond donors (Lipinski definition) is 0. The largest absolute Gasteiger partial charge is 0.491 e. The van der Waals surface area contributed by atoms with Crippen molar-refractivity contribution in [1.82, 2.24) is 9.88 Å². The maximum Gasteiger partial charge on any atom is 0.263 e. The number of piperidine rings is 1. The molecule has 0 N–H and O–H groups in total. The number of nitrogens with zero attached hydrogens (tertiary/aromatic N) is 2. The number of pyridine rings is 1. The van der Waals surface area contributed by atoms with Crippen molar-refractivity contribution in [3.63, 3.8) is 0 Å². The van der Waals surface area contributed by atoms with Crippen molar-refractivity contribution in [2.75, 3.05) is 26.3 Å². The first-order chi connectivity index (χ1) is 12.3. The molecule has 1 amide bonds. The molecule has 0 spiro atoms. The zero-order valence-corrected chi connectivity index (χ0v) is 14.9. The predicted molar refractivity (Wildman–Crippen MR) is 96.0 cm³/mol. The van der Waals surface area contributed by atoms with Crippen LogP contribution in [0.2, 0.25) is 0 Å². The summed E-state index contributed by atoms with van der Waals surface area (Å²) < 4.78 is 12.1. The molecule has 4 heterocycles. The number of thiophene rings is 1. The number of fused-ring (bicyclic) bond motifs is 1. The van der Waals surface area contributed by atoms with E-state index >= 15 is 0 Å². The monoisotopic (exact) mass is 358 g/mol. The van der Waals surface area contributed by atoms with Gasteiger partial charge in [0.1, 0.15) is 5.75 Å². The van der Waals surface area contributed by atoms with E-state index in [1.54, 1.807) is 12.4 Å². The minimum absolute atomic E-state index is 0.125. The van der Waals surface area contributed by atoms with Gasteiger partial charge >= 0.3 is 0 Å². The van der Waals surface area contributed by atoms with Gasteiger partial charge in [0, 0.05) is 31.3 Å². The van der Waals surface area contributed by atoms with E-state index in [0.29, 0.717) is 13.2 Å². The van der Waals surface area contributed by atoms with Gasteiger partial charge in [-0.1, -0.05) is 6.07 Å². The molecule has 2 aliphatic rings. The highest BCUT2D eigenvalue weighted by Crippen LogP contribution is 2.41. The molecule has 2 aromatic heterocycles. The average molecular weight is 358 g/mol. The van der Waals surface area contributed by atoms with Gasteiger partial charge in [0.05, 0.1) is 23.8 Å². The van der Waals surface area contributed by atoms with Gasteiger partial charge in [-0.15, -0.1) is 11.3 Å². The Bertz CT molecular complexity index is 707. The summed E-state index contributed by atoms with van der Waals surface area (Å²) in [5.74, 6) is 0.891. The molecule has 0 radical (unpaired) electrons. The lowest BCUT2D eigenvalue weighted by molar-refractivity contribution is -0.133. The highest BCUT2D eigenvalue weighted by molar-refractivity contribution is 7.12. The SMILES string of the molecule is O=C(c1cccs1)N1CC[C@H]2OCCC[C@]2(COc2cccnc2)C1. The Kier molecular flexibility index (Phi) is 4.72. The normalized spacial score (nSPS) is 26.1. The predicted octanol–water partition coefficient (Wildman–Crippen LogP) is 3.23. The summed E-state index contributed by atoms with van der Waals surface area (Å²) in [6.07, 6.45) is 6.52. The van der Waals surface area contributed by atoms with E-state index in [1.165, 1.54) is 11.3 Å². The lowest BCUT2D eigenvalue weighted by Gasteiger charge is -2.50. The Morgan fingerprint density at radius 1 is 1.44 bits per heavy atom. The summed E-state index contributed by atoms with van der Waals surface area (Å²) in [6, 6.07) is 7.61. The molecular formula is C19H22N2O3S. The van der Waals surface area contributed by atoms with Crippen LogP contribution in [0, 0.1) is 5.41 Å². The number of carbonyl (C=O) groups is 1. The highest BCUT2D eigenvalue weighted by atomic mass is 32.1. The second kappa shape index (κ2) is 7.14. The zero-order chi connectivity index (χ0) is 17.1. The first-order valence-electron chi connectivity index (χ1n) is 8.74. The van der Waals surface area contributed by atoms with Crippen LogP contribution in [-0.4, -0.2) is 48.2 Å². The number of amides is 1. The molecule has 0 saturated carbocycles. The summed E-state index contributed by atoms with van der Waals surface area (Å²) in [4.78, 5) is 19.7. The molecule has 5 nitrogen and oxygen atoms in total. The minimum atomic E-state index is -0.140. The molecule has 132 valence electrons. The van der Waals surface area contributed by atoms with Gasteiger partial charge in [-0.25, -0.2) is 0 Å². The molecule has 2 aromatic rings. The van der Waals surface area contributed by atoms with Crippen molar-refractivity contribution in [2.24, 2.45) is 5.41 Å². The molecule has 0 bridgehead atoms. The number of likely N-dealkylation sites (tertiary alicyclic amines) is 1. The number of hydrogen-bond acceptors (Lipinski definition) is 5. The Morgan fingerprint density at radius 2 is 2.40 bits per heavy atom. The Labute approximate surface area is 151 Å². The lowest BCUT2D eigenvalue weighted by Crippen LogP contribution is -2.58. The molecule has 4 rings (SSSR count). The standard InChI is InChI=1S/C19H22N2O3S/c22-18(16-5-2-11-25-16)21-9-6-17-19(13-21,7-3-10-23-17)14-24-15-4-1-8-20-12-15/h1-2,4-5,8,11-12,17H,3,6-7,9-10,13-14H2/t17-,19-/m1/s1. The topological polar surface area (TPSA) is 51.7 Å². The van der Waals surface area contributed by atoms with Gasteiger partial charge in [0.25, 0.3) is 5.91 Å². The maximum atomic E-state index is 12.8. The van der Waals surface area contributed by atoms with Gasteiger partial charge in [-0.3, -0.25) is 9.78 Å². The molecule has 0 aliphatic carbocycles. The van der Waals surface area contributed by atoms with Gasteiger partial charge in [-0.05, 0) is 42.8 Å². The summed E-state index contributed by atoms with van der Waals surface area (Å²) in [5, 5.41) is 1.95. The van der Waals surface area contributed by atoms with Crippen LogP contribution in [0.25, 0.3) is 0 Å². The third-order valence-electron chi connectivity index (χ3n) is 5.17. The molecular weight excluding hydrogens is 336 g/mol. The summed E-state index contributed by atoms with van der Waals surface area (Å²) in [5.41, 5.74) is -0.140. The van der Waals surface area contributed by atoms with Crippen LogP contribution in [0.5, 0.6) is 5.75 Å². The summed E-state index contributed by atoms with van der Waals surface area (Å²) in [7, 11) is 0. The first-order valence-corrected chi connectivity index (χ1v) is 9.62. The lowest BCUT2D eigenvalue weighted by atomic mass is 9.73. The van der Waals surface area contributed by atoms with Crippen LogP contribution in [0.1, 0.15) is 28.9 Å². The van der Waals surface area contributed by atoms with E-state index in [0.717, 1.165) is 43.0 Å². The molecule has 2 atom stereocenters. The van der Waals surface area contributed by atoms with Crippen LogP contribution in [0.4, 0.5) is 0 Å². The van der Waals surface area contributed by atoms with Crippen LogP contribution in [0.15, 0.2) is 42.0 Å². The number of aromatic nitrogens is 1. The fourth-order valence-corrected chi connectivity index (χ4v) is 4.58. The second-order valence-electron chi connectivity index (χ2n) is 6.80. The van der Waals surface area contributed by atoms with Crippen molar-refractivity contribution < 1.29 is 14.3 Å². The second-order valence-corrected chi connectivity index (χ2v) is 7.74. The molecule has 2 saturated heterocycles. The van der Waals surface area contributed by atoms with E-state index in [-0.39, 0.29) is 17.4 Å². The third kappa shape index (κ3) is 3.41. The van der Waals surface area contributed by atoms with E-state index in [4.69, 9.17) is 9.47 Å². The smallest absolute Gasteiger partial charge is 0.263 e. The van der Waals surface area contributed by atoms with Crippen molar-refractivity contribution in [3.05, 3.63) is 46.9 Å². The molecule has 0 unspecified atom stereocenters. The van der Waals surface area contributed by atoms with Crippen molar-refractivity contribution in [1.29, 1.82) is 0 Å². The van der Waals surface area contributed by atoms with Crippen LogP contribution < -0.4 is 4.74 Å². The van der Waals surface area contributed by atoms with E-state index in [2.05, 4.69) is 4.98 Å². The minimum Gasteiger partial charge on any atom is -0.491 e. The molecule has 2 fully saturated rings. The molecule has 2 aliphatic heterocycles. The van der Waals surface area contributed by atoms with E-state index in [1.807, 2.05) is 34.5 Å². The van der Waals surface area contributed by atoms with Crippen molar-refractivity contribution in [3.8, 4) is 5.75 Å². The van der Waals surface area contributed by atoms with E-state index in [9.17, 15) is 4.79 Å². The number of carbonyl (C=O) groups excluding carboxylic acids is 1. The van der Waals surface area contributed by atoms with Gasteiger partial charge in [-0.2, -0.15) is 0 Å². The fourth-order valence-electron chi connectivity index (χ4n) is 3.89. The molecule has 25 heavy (non-hydrogen) atoms. The number of ether oxygens (including phenoxy) is 2. The van der Waals surface area contributed by atoms with Crippen molar-refractivity contribution >= 4 is 17.2 Å². The van der Waals surface area contributed by atoms with Crippen LogP contribution in [0.3, 0.4) is 0 Å². The molecule has 0 aromatic carbocycles.